The third-order valence-electron chi connectivity index (χ3n) is 2.89. The van der Waals surface area contributed by atoms with Crippen molar-refractivity contribution >= 4 is 6.29 Å². The van der Waals surface area contributed by atoms with Crippen molar-refractivity contribution in [2.75, 3.05) is 6.61 Å². The molecule has 0 spiro atoms. The molecular formula is C15H16N2O3. The number of para-hydroxylation sites is 1. The second kappa shape index (κ2) is 6.14. The largest absolute Gasteiger partial charge is 0.493 e. The molecule has 0 N–H and O–H groups in total. The van der Waals surface area contributed by atoms with Crippen molar-refractivity contribution in [3.63, 3.8) is 0 Å². The molecule has 2 aromatic rings. The molecule has 0 amide bonds. The number of aryl methyl sites for hydroxylation is 1. The Morgan fingerprint density at radius 1 is 1.30 bits per heavy atom. The Balaban J connectivity index is 2.64. The molecule has 0 aliphatic carbocycles. The van der Waals surface area contributed by atoms with E-state index in [1.54, 1.807) is 6.92 Å². The average molecular weight is 272 g/mol. The lowest BCUT2D eigenvalue weighted by Crippen LogP contribution is -2.25. The normalized spacial score (nSPS) is 10.3. The van der Waals surface area contributed by atoms with Crippen LogP contribution in [0.5, 0.6) is 5.75 Å². The van der Waals surface area contributed by atoms with Crippen molar-refractivity contribution in [3.8, 4) is 17.0 Å². The molecule has 0 radical (unpaired) electrons. The van der Waals surface area contributed by atoms with Gasteiger partial charge in [0.25, 0.3) is 5.56 Å². The quantitative estimate of drug-likeness (QED) is 0.782. The minimum absolute atomic E-state index is 0.100. The van der Waals surface area contributed by atoms with Crippen LogP contribution >= 0.6 is 0 Å². The maximum Gasteiger partial charge on any atom is 0.277 e. The number of benzene rings is 1. The summed E-state index contributed by atoms with van der Waals surface area (Å²) in [5, 5.41) is 4.28. The summed E-state index contributed by atoms with van der Waals surface area (Å²) in [5.41, 5.74) is 1.04. The van der Waals surface area contributed by atoms with Crippen LogP contribution in [0.25, 0.3) is 11.3 Å². The highest BCUT2D eigenvalue weighted by atomic mass is 16.5. The van der Waals surface area contributed by atoms with E-state index < -0.39 is 0 Å². The van der Waals surface area contributed by atoms with Crippen LogP contribution in [0.3, 0.4) is 0 Å². The summed E-state index contributed by atoms with van der Waals surface area (Å²) in [7, 11) is 0. The SMILES string of the molecule is CCOc1ccccc1-c1cc(C=O)c(=O)n(CC)n1. The number of rotatable bonds is 5. The predicted octanol–water partition coefficient (Wildman–Crippen LogP) is 2.14. The Labute approximate surface area is 116 Å². The van der Waals surface area contributed by atoms with Crippen LogP contribution in [0.15, 0.2) is 35.1 Å². The van der Waals surface area contributed by atoms with E-state index in [0.29, 0.717) is 30.9 Å². The monoisotopic (exact) mass is 272 g/mol. The number of carbonyl (C=O) groups excluding carboxylic acids is 1. The van der Waals surface area contributed by atoms with Gasteiger partial charge in [0.2, 0.25) is 0 Å². The van der Waals surface area contributed by atoms with E-state index in [1.807, 2.05) is 31.2 Å². The van der Waals surface area contributed by atoms with Gasteiger partial charge in [-0.05, 0) is 32.0 Å². The first kappa shape index (κ1) is 14.0. The fourth-order valence-electron chi connectivity index (χ4n) is 1.95. The molecule has 5 heteroatoms. The van der Waals surface area contributed by atoms with Crippen LogP contribution < -0.4 is 10.3 Å². The van der Waals surface area contributed by atoms with Crippen LogP contribution in [0, 0.1) is 0 Å². The highest BCUT2D eigenvalue weighted by Crippen LogP contribution is 2.28. The summed E-state index contributed by atoms with van der Waals surface area (Å²) in [5.74, 6) is 0.681. The van der Waals surface area contributed by atoms with Gasteiger partial charge in [0.15, 0.2) is 6.29 Å². The number of hydrogen-bond donors (Lipinski definition) is 0. The van der Waals surface area contributed by atoms with Gasteiger partial charge in [-0.1, -0.05) is 12.1 Å². The van der Waals surface area contributed by atoms with Gasteiger partial charge in [0, 0.05) is 12.1 Å². The molecule has 1 aromatic heterocycles. The topological polar surface area (TPSA) is 61.2 Å². The molecule has 0 saturated carbocycles. The lowest BCUT2D eigenvalue weighted by molar-refractivity contribution is 0.112. The van der Waals surface area contributed by atoms with Crippen molar-refractivity contribution in [2.45, 2.75) is 20.4 Å². The van der Waals surface area contributed by atoms with Crippen LogP contribution in [0.2, 0.25) is 0 Å². The lowest BCUT2D eigenvalue weighted by atomic mass is 10.1. The van der Waals surface area contributed by atoms with E-state index in [1.165, 1.54) is 10.7 Å². The third-order valence-corrected chi connectivity index (χ3v) is 2.89. The van der Waals surface area contributed by atoms with E-state index in [0.717, 1.165) is 5.56 Å². The summed E-state index contributed by atoms with van der Waals surface area (Å²) in [4.78, 5) is 22.9. The first-order chi connectivity index (χ1) is 9.71. The second-order valence-corrected chi connectivity index (χ2v) is 4.15. The van der Waals surface area contributed by atoms with Crippen molar-refractivity contribution in [3.05, 3.63) is 46.2 Å². The Morgan fingerprint density at radius 3 is 2.70 bits per heavy atom. The molecule has 20 heavy (non-hydrogen) atoms. The minimum Gasteiger partial charge on any atom is -0.493 e. The fourth-order valence-corrected chi connectivity index (χ4v) is 1.95. The standard InChI is InChI=1S/C15H16N2O3/c1-3-17-15(19)11(10-18)9-13(16-17)12-7-5-6-8-14(12)20-4-2/h5-10H,3-4H2,1-2H3. The number of aldehydes is 1. The van der Waals surface area contributed by atoms with Crippen LogP contribution in [-0.2, 0) is 6.54 Å². The first-order valence-corrected chi connectivity index (χ1v) is 6.50. The molecule has 0 aliphatic rings. The van der Waals surface area contributed by atoms with Crippen LogP contribution in [-0.4, -0.2) is 22.7 Å². The highest BCUT2D eigenvalue weighted by molar-refractivity contribution is 5.78. The van der Waals surface area contributed by atoms with Crippen molar-refractivity contribution in [2.24, 2.45) is 0 Å². The molecular weight excluding hydrogens is 256 g/mol. The molecule has 0 aliphatic heterocycles. The maximum atomic E-state index is 11.9. The fraction of sp³-hybridized carbons (Fsp3) is 0.267. The minimum atomic E-state index is -0.375. The zero-order chi connectivity index (χ0) is 14.5. The average Bonchev–Trinajstić information content (AvgIpc) is 2.48. The summed E-state index contributed by atoms with van der Waals surface area (Å²) >= 11 is 0. The van der Waals surface area contributed by atoms with E-state index in [9.17, 15) is 9.59 Å². The summed E-state index contributed by atoms with van der Waals surface area (Å²) < 4.78 is 6.83. The summed E-state index contributed by atoms with van der Waals surface area (Å²) in [6, 6.07) is 8.92. The molecule has 104 valence electrons. The van der Waals surface area contributed by atoms with Gasteiger partial charge in [0.1, 0.15) is 5.75 Å². The zero-order valence-corrected chi connectivity index (χ0v) is 11.5. The summed E-state index contributed by atoms with van der Waals surface area (Å²) in [6.45, 7) is 4.64. The van der Waals surface area contributed by atoms with Crippen LogP contribution in [0.1, 0.15) is 24.2 Å². The smallest absolute Gasteiger partial charge is 0.277 e. The highest BCUT2D eigenvalue weighted by Gasteiger charge is 2.12. The first-order valence-electron chi connectivity index (χ1n) is 6.50. The van der Waals surface area contributed by atoms with Crippen molar-refractivity contribution < 1.29 is 9.53 Å². The van der Waals surface area contributed by atoms with Gasteiger partial charge in [0.05, 0.1) is 17.9 Å². The van der Waals surface area contributed by atoms with Gasteiger partial charge in [-0.2, -0.15) is 5.10 Å². The van der Waals surface area contributed by atoms with E-state index in [-0.39, 0.29) is 11.1 Å². The molecule has 1 aromatic carbocycles. The number of hydrogen-bond acceptors (Lipinski definition) is 4. The van der Waals surface area contributed by atoms with E-state index >= 15 is 0 Å². The zero-order valence-electron chi connectivity index (χ0n) is 11.5. The third kappa shape index (κ3) is 2.61. The Kier molecular flexibility index (Phi) is 4.30. The Bertz CT molecular complexity index is 677. The lowest BCUT2D eigenvalue weighted by Gasteiger charge is -2.11. The molecule has 0 unspecified atom stereocenters. The van der Waals surface area contributed by atoms with Gasteiger partial charge in [-0.25, -0.2) is 4.68 Å². The van der Waals surface area contributed by atoms with Crippen LogP contribution in [0.4, 0.5) is 0 Å². The van der Waals surface area contributed by atoms with Crippen molar-refractivity contribution in [1.29, 1.82) is 0 Å². The Morgan fingerprint density at radius 2 is 2.05 bits per heavy atom. The van der Waals surface area contributed by atoms with Gasteiger partial charge >= 0.3 is 0 Å². The van der Waals surface area contributed by atoms with E-state index in [4.69, 9.17) is 4.74 Å². The number of nitrogens with zero attached hydrogens (tertiary/aromatic N) is 2. The molecule has 0 atom stereocenters. The predicted molar refractivity (Wildman–Crippen MR) is 76.2 cm³/mol. The second-order valence-electron chi connectivity index (χ2n) is 4.15. The van der Waals surface area contributed by atoms with Gasteiger partial charge in [-0.15, -0.1) is 0 Å². The Hall–Kier alpha value is -2.43. The maximum absolute atomic E-state index is 11.9. The summed E-state index contributed by atoms with van der Waals surface area (Å²) in [6.07, 6.45) is 0.558. The molecule has 0 bridgehead atoms. The molecule has 0 saturated heterocycles. The van der Waals surface area contributed by atoms with E-state index in [2.05, 4.69) is 5.10 Å². The van der Waals surface area contributed by atoms with Gasteiger partial charge in [-0.3, -0.25) is 9.59 Å². The number of ether oxygens (including phenoxy) is 1. The molecule has 5 nitrogen and oxygen atoms in total. The number of carbonyl (C=O) groups is 1. The van der Waals surface area contributed by atoms with Crippen molar-refractivity contribution in [1.82, 2.24) is 9.78 Å². The molecule has 2 rings (SSSR count). The number of aromatic nitrogens is 2. The van der Waals surface area contributed by atoms with Gasteiger partial charge < -0.3 is 4.74 Å². The molecule has 0 fully saturated rings. The molecule has 1 heterocycles.